The van der Waals surface area contributed by atoms with Gasteiger partial charge in [-0.1, -0.05) is 18.2 Å². The van der Waals surface area contributed by atoms with Crippen molar-refractivity contribution in [2.45, 2.75) is 44.6 Å². The molecule has 1 aromatic carbocycles. The summed E-state index contributed by atoms with van der Waals surface area (Å²) in [5.41, 5.74) is 2.87. The molecule has 5 heteroatoms. The molecule has 1 amide bonds. The highest BCUT2D eigenvalue weighted by atomic mass is 16.3. The Balaban J connectivity index is 1.35. The number of carbonyl (C=O) groups excluding carboxylic acids is 1. The fraction of sp³-hybridized carbons (Fsp3) is 0.500. The Labute approximate surface area is 173 Å². The van der Waals surface area contributed by atoms with Gasteiger partial charge in [0.05, 0.1) is 5.69 Å². The lowest BCUT2D eigenvalue weighted by Gasteiger charge is -2.37. The molecule has 154 valence electrons. The molecule has 2 saturated heterocycles. The van der Waals surface area contributed by atoms with Gasteiger partial charge < -0.3 is 15.3 Å². The lowest BCUT2D eigenvalue weighted by Crippen LogP contribution is -2.45. The largest absolute Gasteiger partial charge is 0.383 e. The highest BCUT2D eigenvalue weighted by Crippen LogP contribution is 2.32. The van der Waals surface area contributed by atoms with E-state index in [0.29, 0.717) is 37.5 Å². The highest BCUT2D eigenvalue weighted by Gasteiger charge is 2.36. The lowest BCUT2D eigenvalue weighted by molar-refractivity contribution is -0.0244. The van der Waals surface area contributed by atoms with Crippen LogP contribution in [0.3, 0.4) is 0 Å². The summed E-state index contributed by atoms with van der Waals surface area (Å²) in [5.74, 6) is 0.746. The van der Waals surface area contributed by atoms with E-state index in [2.05, 4.69) is 22.4 Å². The fourth-order valence-corrected chi connectivity index (χ4v) is 4.48. The number of aryl methyl sites for hydroxylation is 1. The smallest absolute Gasteiger partial charge is 0.253 e. The van der Waals surface area contributed by atoms with E-state index in [1.165, 1.54) is 18.4 Å². The van der Waals surface area contributed by atoms with Crippen LogP contribution in [0.25, 0.3) is 0 Å². The van der Waals surface area contributed by atoms with Gasteiger partial charge in [-0.3, -0.25) is 9.78 Å². The molecule has 2 aromatic rings. The summed E-state index contributed by atoms with van der Waals surface area (Å²) in [6.45, 7) is 5.29. The zero-order valence-corrected chi connectivity index (χ0v) is 17.2. The van der Waals surface area contributed by atoms with Gasteiger partial charge in [-0.05, 0) is 87.4 Å². The van der Waals surface area contributed by atoms with Crippen LogP contribution in [0.2, 0.25) is 0 Å². The number of pyridine rings is 1. The first-order valence-electron chi connectivity index (χ1n) is 10.8. The average molecular weight is 394 g/mol. The van der Waals surface area contributed by atoms with E-state index >= 15 is 0 Å². The van der Waals surface area contributed by atoms with Crippen molar-refractivity contribution in [2.75, 3.05) is 26.2 Å². The standard InChI is InChI=1S/C24H31N3O2/c1-18-4-9-22(26-16-18)24(29)10-13-27(14-11-24)23(28)21-7-5-19(6-8-21)15-20-3-2-12-25-17-20/h4-9,16,20,25,29H,2-3,10-15,17H2,1H3/t20-/m0/s1. The normalized spacial score (nSPS) is 21.7. The molecular formula is C24H31N3O2. The zero-order chi connectivity index (χ0) is 20.3. The summed E-state index contributed by atoms with van der Waals surface area (Å²) in [4.78, 5) is 19.2. The van der Waals surface area contributed by atoms with Crippen molar-refractivity contribution >= 4 is 5.91 Å². The van der Waals surface area contributed by atoms with Crippen molar-refractivity contribution < 1.29 is 9.90 Å². The van der Waals surface area contributed by atoms with Crippen molar-refractivity contribution in [1.82, 2.24) is 15.2 Å². The number of aromatic nitrogens is 1. The van der Waals surface area contributed by atoms with Crippen LogP contribution in [0.4, 0.5) is 0 Å². The first-order chi connectivity index (χ1) is 14.0. The van der Waals surface area contributed by atoms with Crippen LogP contribution in [-0.4, -0.2) is 47.1 Å². The molecule has 1 aromatic heterocycles. The van der Waals surface area contributed by atoms with Gasteiger partial charge in [0.15, 0.2) is 0 Å². The van der Waals surface area contributed by atoms with Gasteiger partial charge in [0.1, 0.15) is 5.60 Å². The maximum atomic E-state index is 12.9. The molecule has 5 nitrogen and oxygen atoms in total. The topological polar surface area (TPSA) is 65.5 Å². The number of benzene rings is 1. The molecule has 0 radical (unpaired) electrons. The number of likely N-dealkylation sites (tertiary alicyclic amines) is 1. The van der Waals surface area contributed by atoms with Crippen molar-refractivity contribution in [2.24, 2.45) is 5.92 Å². The summed E-state index contributed by atoms with van der Waals surface area (Å²) in [6.07, 6.45) is 6.42. The van der Waals surface area contributed by atoms with Crippen LogP contribution in [0.15, 0.2) is 42.6 Å². The minimum absolute atomic E-state index is 0.0507. The Bertz CT molecular complexity index is 818. The van der Waals surface area contributed by atoms with Crippen molar-refractivity contribution in [3.63, 3.8) is 0 Å². The average Bonchev–Trinajstić information content (AvgIpc) is 2.75. The predicted molar refractivity (Wildman–Crippen MR) is 114 cm³/mol. The third-order valence-electron chi connectivity index (χ3n) is 6.39. The Morgan fingerprint density at radius 1 is 1.21 bits per heavy atom. The summed E-state index contributed by atoms with van der Waals surface area (Å²) in [7, 11) is 0. The Kier molecular flexibility index (Phi) is 5.97. The van der Waals surface area contributed by atoms with Crippen LogP contribution in [0, 0.1) is 12.8 Å². The molecule has 3 heterocycles. The van der Waals surface area contributed by atoms with Crippen LogP contribution in [0.5, 0.6) is 0 Å². The van der Waals surface area contributed by atoms with E-state index in [1.807, 2.05) is 36.1 Å². The number of carbonyl (C=O) groups is 1. The Morgan fingerprint density at radius 2 is 1.97 bits per heavy atom. The number of amides is 1. The molecule has 2 aliphatic rings. The molecule has 2 aliphatic heterocycles. The predicted octanol–water partition coefficient (Wildman–Crippen LogP) is 3.06. The maximum Gasteiger partial charge on any atom is 0.253 e. The van der Waals surface area contributed by atoms with E-state index in [-0.39, 0.29) is 5.91 Å². The van der Waals surface area contributed by atoms with E-state index < -0.39 is 5.60 Å². The first kappa shape index (κ1) is 20.0. The molecule has 1 atom stereocenters. The monoisotopic (exact) mass is 393 g/mol. The van der Waals surface area contributed by atoms with Crippen molar-refractivity contribution in [3.8, 4) is 0 Å². The lowest BCUT2D eigenvalue weighted by atomic mass is 9.87. The summed E-state index contributed by atoms with van der Waals surface area (Å²) in [6, 6.07) is 12.0. The number of nitrogens with one attached hydrogen (secondary N) is 1. The summed E-state index contributed by atoms with van der Waals surface area (Å²) in [5, 5.41) is 14.5. The number of hydrogen-bond acceptors (Lipinski definition) is 4. The first-order valence-corrected chi connectivity index (χ1v) is 10.8. The maximum absolute atomic E-state index is 12.9. The molecule has 4 rings (SSSR count). The second kappa shape index (κ2) is 8.64. The SMILES string of the molecule is Cc1ccc(C2(O)CCN(C(=O)c3ccc(C[C@@H]4CCCNC4)cc3)CC2)nc1. The molecule has 29 heavy (non-hydrogen) atoms. The fourth-order valence-electron chi connectivity index (χ4n) is 4.48. The highest BCUT2D eigenvalue weighted by molar-refractivity contribution is 5.94. The second-order valence-corrected chi connectivity index (χ2v) is 8.66. The van der Waals surface area contributed by atoms with Gasteiger partial charge in [0.25, 0.3) is 5.91 Å². The Morgan fingerprint density at radius 3 is 2.59 bits per heavy atom. The van der Waals surface area contributed by atoms with Gasteiger partial charge in [0.2, 0.25) is 0 Å². The van der Waals surface area contributed by atoms with Gasteiger partial charge in [-0.2, -0.15) is 0 Å². The quantitative estimate of drug-likeness (QED) is 0.838. The van der Waals surface area contributed by atoms with E-state index in [0.717, 1.165) is 30.6 Å². The zero-order valence-electron chi connectivity index (χ0n) is 17.2. The van der Waals surface area contributed by atoms with E-state index in [4.69, 9.17) is 0 Å². The molecule has 0 saturated carbocycles. The second-order valence-electron chi connectivity index (χ2n) is 8.66. The molecular weight excluding hydrogens is 362 g/mol. The number of piperidine rings is 2. The molecule has 0 bridgehead atoms. The van der Waals surface area contributed by atoms with Crippen LogP contribution in [0.1, 0.15) is 52.9 Å². The van der Waals surface area contributed by atoms with Gasteiger partial charge >= 0.3 is 0 Å². The minimum Gasteiger partial charge on any atom is -0.383 e. The number of aliphatic hydroxyl groups is 1. The molecule has 2 fully saturated rings. The van der Waals surface area contributed by atoms with Crippen LogP contribution >= 0.6 is 0 Å². The van der Waals surface area contributed by atoms with Crippen LogP contribution < -0.4 is 5.32 Å². The van der Waals surface area contributed by atoms with Gasteiger partial charge in [-0.25, -0.2) is 0 Å². The molecule has 2 N–H and O–H groups in total. The van der Waals surface area contributed by atoms with Crippen LogP contribution in [-0.2, 0) is 12.0 Å². The minimum atomic E-state index is -0.942. The molecule has 0 unspecified atom stereocenters. The van der Waals surface area contributed by atoms with Crippen molar-refractivity contribution in [3.05, 3.63) is 65.0 Å². The van der Waals surface area contributed by atoms with Crippen molar-refractivity contribution in [1.29, 1.82) is 0 Å². The number of hydrogen-bond donors (Lipinski definition) is 2. The molecule has 0 aliphatic carbocycles. The van der Waals surface area contributed by atoms with Gasteiger partial charge in [-0.15, -0.1) is 0 Å². The van der Waals surface area contributed by atoms with Gasteiger partial charge in [0, 0.05) is 24.8 Å². The summed E-state index contributed by atoms with van der Waals surface area (Å²) >= 11 is 0. The van der Waals surface area contributed by atoms with E-state index in [9.17, 15) is 9.90 Å². The number of rotatable bonds is 4. The third kappa shape index (κ3) is 4.68. The van der Waals surface area contributed by atoms with E-state index in [1.54, 1.807) is 6.20 Å². The molecule has 0 spiro atoms. The Hall–Kier alpha value is -2.24. The third-order valence-corrected chi connectivity index (χ3v) is 6.39. The number of nitrogens with zero attached hydrogens (tertiary/aromatic N) is 2. The summed E-state index contributed by atoms with van der Waals surface area (Å²) < 4.78 is 0.